The normalized spacial score (nSPS) is 11.5. The van der Waals surface area contributed by atoms with Crippen LogP contribution in [0.25, 0.3) is 68.1 Å². The summed E-state index contributed by atoms with van der Waals surface area (Å²) in [6.45, 7) is 4.46. The average molecular weight is 1200 g/mol. The van der Waals surface area contributed by atoms with E-state index in [1.807, 2.05) is 59.5 Å². The third-order valence-electron chi connectivity index (χ3n) is 12.4. The largest absolute Gasteiger partial charge is 0.368 e. The van der Waals surface area contributed by atoms with Crippen LogP contribution in [0.5, 0.6) is 0 Å². The standard InChI is InChI=1S/C29H23F3N4O4S2.C27H21F3N6O2S.2CH4/c1-3-36-26(23-15-16-33-29(34-23)41(2,37)38)25(35-28(36)18-9-5-4-6-10-18)20-12-7-11-19(24(20)32)17-42(39,40)27-21(30)13-8-14-22(27)31;1-2-36-24(21-14-15-32-27(31)33-21)23(34-26(36)16-8-4-3-5-9-16)17-10-6-13-20(22(17)30)35-39(37,38)25-18(28)11-7-12-19(25)29;;/h4-16H,3,17H2,1-2H3;3-15,35H,2H2,1H3,(H2,31,32,33);2*1H4. The second-order valence-electron chi connectivity index (χ2n) is 17.7. The van der Waals surface area contributed by atoms with E-state index in [0.29, 0.717) is 41.7 Å². The van der Waals surface area contributed by atoms with Crippen molar-refractivity contribution in [1.29, 1.82) is 0 Å². The maximum atomic E-state index is 16.2. The molecule has 0 amide bonds. The lowest BCUT2D eigenvalue weighted by molar-refractivity contribution is 0.517. The van der Waals surface area contributed by atoms with E-state index in [9.17, 15) is 42.8 Å². The number of nitrogens with zero attached hydrogens (tertiary/aromatic N) is 8. The first-order valence-corrected chi connectivity index (χ1v) is 29.3. The van der Waals surface area contributed by atoms with Gasteiger partial charge in [-0.1, -0.05) is 106 Å². The zero-order valence-electron chi connectivity index (χ0n) is 42.7. The van der Waals surface area contributed by atoms with Crippen LogP contribution in [0, 0.1) is 34.9 Å². The molecule has 0 spiro atoms. The highest BCUT2D eigenvalue weighted by molar-refractivity contribution is 7.92. The van der Waals surface area contributed by atoms with Crippen LogP contribution in [0.1, 0.15) is 34.3 Å². The van der Waals surface area contributed by atoms with Crippen LogP contribution in [0.3, 0.4) is 0 Å². The van der Waals surface area contributed by atoms with Crippen molar-refractivity contribution < 1.29 is 51.6 Å². The number of hydrogen-bond acceptors (Lipinski definition) is 13. The SMILES string of the molecule is C.C.CCn1c(-c2ccccc2)nc(-c2cccc(CS(=O)(=O)c3c(F)cccc3F)c2F)c1-c1ccnc(S(C)(=O)=O)n1.CCn1c(-c2ccccc2)nc(-c2cccc(NS(=O)(=O)c3c(F)cccc3F)c2F)c1-c1ccnc(N)n1. The Kier molecular flexibility index (Phi) is 18.5. The molecule has 4 aromatic heterocycles. The molecule has 0 saturated heterocycles. The van der Waals surface area contributed by atoms with E-state index in [1.165, 1.54) is 48.8 Å². The highest BCUT2D eigenvalue weighted by Gasteiger charge is 2.31. The first-order valence-electron chi connectivity index (χ1n) is 24.3. The molecule has 3 N–H and O–H groups in total. The Hall–Kier alpha value is -9.07. The van der Waals surface area contributed by atoms with Crippen molar-refractivity contribution in [3.05, 3.63) is 198 Å². The van der Waals surface area contributed by atoms with Crippen molar-refractivity contribution in [3.63, 3.8) is 0 Å². The van der Waals surface area contributed by atoms with Gasteiger partial charge in [0, 0.05) is 59.6 Å². The van der Waals surface area contributed by atoms with Crippen LogP contribution in [0.4, 0.5) is 38.0 Å². The number of imidazole rings is 2. The fourth-order valence-electron chi connectivity index (χ4n) is 8.85. The molecule has 0 aliphatic heterocycles. The summed E-state index contributed by atoms with van der Waals surface area (Å²) in [6, 6.07) is 34.5. The van der Waals surface area contributed by atoms with Crippen molar-refractivity contribution in [2.24, 2.45) is 0 Å². The molecule has 0 atom stereocenters. The van der Waals surface area contributed by atoms with Gasteiger partial charge in [-0.2, -0.15) is 0 Å². The van der Waals surface area contributed by atoms with Gasteiger partial charge < -0.3 is 14.9 Å². The van der Waals surface area contributed by atoms with Gasteiger partial charge in [0.25, 0.3) is 10.0 Å². The minimum absolute atomic E-state index is 0. The monoisotopic (exact) mass is 1190 g/mol. The third-order valence-corrected chi connectivity index (χ3v) is 16.3. The molecular formula is C58H52F6N10O6S3. The number of sulfone groups is 2. The Bertz CT molecular complexity index is 4340. The number of anilines is 2. The molecule has 10 aromatic rings. The number of nitrogens with one attached hydrogen (secondary N) is 1. The molecule has 0 radical (unpaired) electrons. The van der Waals surface area contributed by atoms with E-state index in [4.69, 9.17) is 15.7 Å². The molecule has 10 rings (SSSR count). The summed E-state index contributed by atoms with van der Waals surface area (Å²) in [5.41, 5.74) is 7.63. The molecule has 6 aromatic carbocycles. The molecule has 0 aliphatic carbocycles. The highest BCUT2D eigenvalue weighted by atomic mass is 32.2. The number of halogens is 6. The Morgan fingerprint density at radius 3 is 1.43 bits per heavy atom. The molecule has 83 heavy (non-hydrogen) atoms. The minimum Gasteiger partial charge on any atom is -0.368 e. The quantitative estimate of drug-likeness (QED) is 0.0720. The van der Waals surface area contributed by atoms with E-state index in [1.54, 1.807) is 34.9 Å². The topological polar surface area (TPSA) is 228 Å². The molecule has 430 valence electrons. The number of nitrogen functional groups attached to an aromatic ring is 1. The van der Waals surface area contributed by atoms with E-state index >= 15 is 8.78 Å². The summed E-state index contributed by atoms with van der Waals surface area (Å²) in [5, 5.41) is -0.441. The number of aromatic nitrogens is 8. The fourth-order valence-corrected chi connectivity index (χ4v) is 12.1. The zero-order valence-corrected chi connectivity index (χ0v) is 45.2. The average Bonchev–Trinajstić information content (AvgIpc) is 4.28. The van der Waals surface area contributed by atoms with Crippen molar-refractivity contribution in [2.75, 3.05) is 16.7 Å². The number of nitrogens with two attached hydrogens (primary N) is 1. The van der Waals surface area contributed by atoms with E-state index in [0.717, 1.165) is 54.3 Å². The molecule has 25 heteroatoms. The van der Waals surface area contributed by atoms with Gasteiger partial charge in [0.2, 0.25) is 20.9 Å². The minimum atomic E-state index is -4.82. The van der Waals surface area contributed by atoms with Gasteiger partial charge in [0.05, 0.1) is 34.2 Å². The number of sulfonamides is 1. The second kappa shape index (κ2) is 25.0. The summed E-state index contributed by atoms with van der Waals surface area (Å²) in [5.74, 6) is -7.25. The van der Waals surface area contributed by atoms with Gasteiger partial charge in [0.1, 0.15) is 57.0 Å². The van der Waals surface area contributed by atoms with Gasteiger partial charge in [-0.05, 0) is 68.4 Å². The fraction of sp³-hybridized carbons (Fsp3) is 0.138. The molecule has 0 aliphatic rings. The lowest BCUT2D eigenvalue weighted by atomic mass is 10.0. The zero-order chi connectivity index (χ0) is 58.0. The lowest BCUT2D eigenvalue weighted by Crippen LogP contribution is -2.17. The molecule has 0 bridgehead atoms. The van der Waals surface area contributed by atoms with Crippen molar-refractivity contribution >= 4 is 41.3 Å². The van der Waals surface area contributed by atoms with Crippen LogP contribution in [0.15, 0.2) is 173 Å². The number of rotatable bonds is 15. The van der Waals surface area contributed by atoms with E-state index < -0.39 is 91.0 Å². The van der Waals surface area contributed by atoms with Gasteiger partial charge in [0.15, 0.2) is 20.5 Å². The van der Waals surface area contributed by atoms with Crippen LogP contribution in [-0.2, 0) is 48.5 Å². The van der Waals surface area contributed by atoms with E-state index in [2.05, 4.69) is 19.9 Å². The molecular weight excluding hydrogens is 1140 g/mol. The van der Waals surface area contributed by atoms with E-state index in [-0.39, 0.29) is 60.3 Å². The van der Waals surface area contributed by atoms with Crippen molar-refractivity contribution in [1.82, 2.24) is 39.0 Å². The smallest absolute Gasteiger partial charge is 0.267 e. The summed E-state index contributed by atoms with van der Waals surface area (Å²) < 4.78 is 171. The lowest BCUT2D eigenvalue weighted by Gasteiger charge is -2.13. The Labute approximate surface area is 475 Å². The Balaban J connectivity index is 0.000000234. The second-order valence-corrected chi connectivity index (χ2v) is 23.1. The molecule has 4 heterocycles. The summed E-state index contributed by atoms with van der Waals surface area (Å²) in [4.78, 5) is 23.4. The van der Waals surface area contributed by atoms with Gasteiger partial charge in [-0.3, -0.25) is 4.72 Å². The Morgan fingerprint density at radius 2 is 0.952 bits per heavy atom. The number of benzene rings is 6. The summed E-state index contributed by atoms with van der Waals surface area (Å²) >= 11 is 0. The van der Waals surface area contributed by atoms with Crippen molar-refractivity contribution in [2.45, 2.75) is 62.5 Å². The first-order chi connectivity index (χ1) is 38.6. The Morgan fingerprint density at radius 1 is 0.506 bits per heavy atom. The highest BCUT2D eigenvalue weighted by Crippen LogP contribution is 2.41. The maximum absolute atomic E-state index is 16.2. The summed E-state index contributed by atoms with van der Waals surface area (Å²) in [7, 11) is -13.2. The number of hydrogen-bond donors (Lipinski definition) is 2. The van der Waals surface area contributed by atoms with Gasteiger partial charge in [-0.15, -0.1) is 0 Å². The first kappa shape index (κ1) is 61.5. The van der Waals surface area contributed by atoms with Crippen LogP contribution in [-0.4, -0.2) is 70.5 Å². The maximum Gasteiger partial charge on any atom is 0.267 e. The van der Waals surface area contributed by atoms with Gasteiger partial charge in [-0.25, -0.2) is 81.5 Å². The molecule has 0 unspecified atom stereocenters. The van der Waals surface area contributed by atoms with Gasteiger partial charge >= 0.3 is 0 Å². The molecule has 16 nitrogen and oxygen atoms in total. The van der Waals surface area contributed by atoms with Crippen LogP contribution in [0.2, 0.25) is 0 Å². The van der Waals surface area contributed by atoms with Crippen LogP contribution < -0.4 is 10.5 Å². The molecule has 0 saturated carbocycles. The predicted molar refractivity (Wildman–Crippen MR) is 305 cm³/mol. The third kappa shape index (κ3) is 12.6. The predicted octanol–water partition coefficient (Wildman–Crippen LogP) is 12.3. The molecule has 0 fully saturated rings. The van der Waals surface area contributed by atoms with Crippen LogP contribution >= 0.6 is 0 Å². The summed E-state index contributed by atoms with van der Waals surface area (Å²) in [6.07, 6.45) is 3.68. The van der Waals surface area contributed by atoms with Crippen molar-refractivity contribution in [3.8, 4) is 68.1 Å².